The quantitative estimate of drug-likeness (QED) is 0.466. The molecule has 3 aromatic rings. The highest BCUT2D eigenvalue weighted by molar-refractivity contribution is 6.46. The first-order chi connectivity index (χ1) is 12.9. The van der Waals surface area contributed by atoms with Crippen LogP contribution >= 0.6 is 34.8 Å². The van der Waals surface area contributed by atoms with E-state index in [2.05, 4.69) is 10.1 Å². The van der Waals surface area contributed by atoms with Crippen molar-refractivity contribution in [1.82, 2.24) is 10.1 Å². The van der Waals surface area contributed by atoms with E-state index in [1.165, 1.54) is 0 Å². The molecule has 0 aliphatic heterocycles. The van der Waals surface area contributed by atoms with Crippen molar-refractivity contribution in [3.8, 4) is 17.0 Å². The van der Waals surface area contributed by atoms with Crippen molar-refractivity contribution >= 4 is 46.5 Å². The van der Waals surface area contributed by atoms with Crippen molar-refractivity contribution in [2.24, 2.45) is 0 Å². The summed E-state index contributed by atoms with van der Waals surface area (Å²) < 4.78 is 15.4. The summed E-state index contributed by atoms with van der Waals surface area (Å²) in [5.41, 5.74) is 6.80. The van der Waals surface area contributed by atoms with Gasteiger partial charge in [0.1, 0.15) is 16.5 Å². The molecule has 0 spiro atoms. The van der Waals surface area contributed by atoms with Gasteiger partial charge in [-0.1, -0.05) is 40.0 Å². The highest BCUT2D eigenvalue weighted by atomic mass is 35.5. The Labute approximate surface area is 168 Å². The summed E-state index contributed by atoms with van der Waals surface area (Å²) >= 11 is 17.6. The van der Waals surface area contributed by atoms with Gasteiger partial charge in [0.2, 0.25) is 0 Å². The lowest BCUT2D eigenvalue weighted by Crippen LogP contribution is -2.10. The van der Waals surface area contributed by atoms with Crippen LogP contribution in [0.5, 0.6) is 5.75 Å². The third-order valence-corrected chi connectivity index (χ3v) is 4.69. The minimum absolute atomic E-state index is 0.0300. The van der Waals surface area contributed by atoms with Crippen LogP contribution in [0.15, 0.2) is 34.9 Å². The molecule has 140 valence electrons. The molecular weight excluding hydrogens is 417 g/mol. The molecule has 0 bridgehead atoms. The summed E-state index contributed by atoms with van der Waals surface area (Å²) in [5, 5.41) is 3.63. The van der Waals surface area contributed by atoms with Crippen LogP contribution in [0.25, 0.3) is 11.3 Å². The van der Waals surface area contributed by atoms with Gasteiger partial charge >= 0.3 is 5.97 Å². The van der Waals surface area contributed by atoms with Gasteiger partial charge in [-0.3, -0.25) is 0 Å². The van der Waals surface area contributed by atoms with Gasteiger partial charge < -0.3 is 19.7 Å². The maximum Gasteiger partial charge on any atom is 0.359 e. The summed E-state index contributed by atoms with van der Waals surface area (Å²) in [6, 6.07) is 8.90. The average molecular weight is 429 g/mol. The number of benzene rings is 1. The Morgan fingerprint density at radius 3 is 2.56 bits per heavy atom. The number of rotatable bonds is 5. The van der Waals surface area contributed by atoms with Gasteiger partial charge in [-0.05, 0) is 24.3 Å². The fourth-order valence-corrected chi connectivity index (χ4v) is 2.74. The Balaban J connectivity index is 1.70. The molecule has 0 amide bonds. The van der Waals surface area contributed by atoms with E-state index in [1.807, 2.05) is 12.1 Å². The van der Waals surface area contributed by atoms with Crippen LogP contribution in [0.2, 0.25) is 15.2 Å². The lowest BCUT2D eigenvalue weighted by atomic mass is 10.1. The first kappa shape index (κ1) is 19.3. The summed E-state index contributed by atoms with van der Waals surface area (Å²) in [5.74, 6) is 0.229. The molecule has 3 rings (SSSR count). The van der Waals surface area contributed by atoms with Crippen molar-refractivity contribution in [3.05, 3.63) is 57.0 Å². The molecule has 0 aliphatic rings. The van der Waals surface area contributed by atoms with Crippen LogP contribution in [0.3, 0.4) is 0 Å². The normalized spacial score (nSPS) is 10.7. The molecule has 0 saturated heterocycles. The molecule has 0 unspecified atom stereocenters. The van der Waals surface area contributed by atoms with Gasteiger partial charge in [-0.25, -0.2) is 9.78 Å². The Bertz CT molecular complexity index is 990. The number of nitrogens with two attached hydrogens (primary N) is 1. The van der Waals surface area contributed by atoms with Gasteiger partial charge in [-0.2, -0.15) is 0 Å². The zero-order valence-electron chi connectivity index (χ0n) is 13.8. The number of pyridine rings is 1. The number of aromatic nitrogens is 2. The standard InChI is InChI=1S/C17H12Cl3N3O4/c1-25-9-4-2-8(3-5-9)11-6-10(27-23-11)7-26-17(24)15-12(18)14(21)13(19)16(20)22-15/h2-6H,7H2,1H3,(H2,21,22). The molecule has 0 atom stereocenters. The maximum atomic E-state index is 12.2. The first-order valence-corrected chi connectivity index (χ1v) is 8.61. The molecule has 0 fully saturated rings. The smallest absolute Gasteiger partial charge is 0.359 e. The molecule has 2 N–H and O–H groups in total. The number of hydrogen-bond donors (Lipinski definition) is 1. The zero-order valence-corrected chi connectivity index (χ0v) is 16.1. The van der Waals surface area contributed by atoms with E-state index < -0.39 is 5.97 Å². The minimum Gasteiger partial charge on any atom is -0.497 e. The fourth-order valence-electron chi connectivity index (χ4n) is 2.15. The maximum absolute atomic E-state index is 12.2. The van der Waals surface area contributed by atoms with Crippen LogP contribution in [0.4, 0.5) is 5.69 Å². The van der Waals surface area contributed by atoms with Gasteiger partial charge in [0, 0.05) is 11.6 Å². The van der Waals surface area contributed by atoms with Gasteiger partial charge in [0.15, 0.2) is 23.2 Å². The second-order valence-corrected chi connectivity index (χ2v) is 6.39. The highest BCUT2D eigenvalue weighted by Gasteiger charge is 2.21. The third-order valence-electron chi connectivity index (χ3n) is 3.56. The minimum atomic E-state index is -0.826. The fraction of sp³-hybridized carbons (Fsp3) is 0.118. The van der Waals surface area contributed by atoms with E-state index in [-0.39, 0.29) is 33.2 Å². The van der Waals surface area contributed by atoms with Gasteiger partial charge in [0.05, 0.1) is 17.8 Å². The number of nitrogens with zero attached hydrogens (tertiary/aromatic N) is 2. The third kappa shape index (κ3) is 4.10. The Morgan fingerprint density at radius 2 is 1.89 bits per heavy atom. The highest BCUT2D eigenvalue weighted by Crippen LogP contribution is 2.34. The number of halogens is 3. The second kappa shape index (κ2) is 8.04. The van der Waals surface area contributed by atoms with Crippen LogP contribution in [0, 0.1) is 0 Å². The molecule has 10 heteroatoms. The summed E-state index contributed by atoms with van der Waals surface area (Å²) in [4.78, 5) is 16.0. The first-order valence-electron chi connectivity index (χ1n) is 7.47. The molecule has 7 nitrogen and oxygen atoms in total. The molecule has 27 heavy (non-hydrogen) atoms. The van der Waals surface area contributed by atoms with Crippen LogP contribution in [0.1, 0.15) is 16.2 Å². The number of hydrogen-bond acceptors (Lipinski definition) is 7. The van der Waals surface area contributed by atoms with Crippen LogP contribution in [-0.4, -0.2) is 23.2 Å². The molecule has 0 aliphatic carbocycles. The van der Waals surface area contributed by atoms with Crippen molar-refractivity contribution in [1.29, 1.82) is 0 Å². The lowest BCUT2D eigenvalue weighted by Gasteiger charge is -2.08. The summed E-state index contributed by atoms with van der Waals surface area (Å²) in [6.45, 7) is -0.180. The molecular formula is C17H12Cl3N3O4. The largest absolute Gasteiger partial charge is 0.497 e. The zero-order chi connectivity index (χ0) is 19.6. The van der Waals surface area contributed by atoms with Gasteiger partial charge in [-0.15, -0.1) is 0 Å². The molecule has 0 radical (unpaired) electrons. The molecule has 1 aromatic carbocycles. The number of carbonyl (C=O) groups is 1. The summed E-state index contributed by atoms with van der Waals surface area (Å²) in [6.07, 6.45) is 0. The van der Waals surface area contributed by atoms with E-state index in [9.17, 15) is 4.79 Å². The van der Waals surface area contributed by atoms with E-state index in [0.717, 1.165) is 11.3 Å². The van der Waals surface area contributed by atoms with Crippen LogP contribution < -0.4 is 10.5 Å². The average Bonchev–Trinajstić information content (AvgIpc) is 3.16. The van der Waals surface area contributed by atoms with Crippen molar-refractivity contribution in [2.75, 3.05) is 12.8 Å². The monoisotopic (exact) mass is 427 g/mol. The topological polar surface area (TPSA) is 100 Å². The second-order valence-electron chi connectivity index (χ2n) is 5.28. The molecule has 0 saturated carbocycles. The summed E-state index contributed by atoms with van der Waals surface area (Å²) in [7, 11) is 1.58. The Morgan fingerprint density at radius 1 is 1.19 bits per heavy atom. The van der Waals surface area contributed by atoms with Crippen LogP contribution in [-0.2, 0) is 11.3 Å². The van der Waals surface area contributed by atoms with Crippen molar-refractivity contribution in [3.63, 3.8) is 0 Å². The van der Waals surface area contributed by atoms with E-state index in [0.29, 0.717) is 11.5 Å². The SMILES string of the molecule is COc1ccc(-c2cc(COC(=O)c3nc(Cl)c(Cl)c(N)c3Cl)on2)cc1. The lowest BCUT2D eigenvalue weighted by molar-refractivity contribution is 0.0431. The van der Waals surface area contributed by atoms with E-state index in [1.54, 1.807) is 25.3 Å². The number of nitrogen functional groups attached to an aromatic ring is 1. The number of methoxy groups -OCH3 is 1. The Hall–Kier alpha value is -2.48. The molecule has 2 aromatic heterocycles. The Kier molecular flexibility index (Phi) is 5.74. The van der Waals surface area contributed by atoms with E-state index >= 15 is 0 Å². The van der Waals surface area contributed by atoms with Gasteiger partial charge in [0.25, 0.3) is 0 Å². The van der Waals surface area contributed by atoms with E-state index in [4.69, 9.17) is 54.5 Å². The number of anilines is 1. The number of ether oxygens (including phenoxy) is 2. The molecule has 2 heterocycles. The predicted molar refractivity (Wildman–Crippen MR) is 101 cm³/mol. The predicted octanol–water partition coefficient (Wildman–Crippen LogP) is 4.64. The number of carbonyl (C=O) groups excluding carboxylic acids is 1. The number of esters is 1. The van der Waals surface area contributed by atoms with Crippen molar-refractivity contribution < 1.29 is 18.8 Å². The van der Waals surface area contributed by atoms with Crippen molar-refractivity contribution in [2.45, 2.75) is 6.61 Å².